The molecule has 1 fully saturated rings. The van der Waals surface area contributed by atoms with Crippen LogP contribution in [0.15, 0.2) is 24.3 Å². The van der Waals surface area contributed by atoms with Crippen molar-refractivity contribution in [2.24, 2.45) is 11.3 Å². The SMILES string of the molecule is CC(C)(C)C(NC(=O)N1CCC(C(=O)O)CC1)c1ccc(F)cc1. The van der Waals surface area contributed by atoms with E-state index < -0.39 is 5.97 Å². The maximum Gasteiger partial charge on any atom is 0.317 e. The summed E-state index contributed by atoms with van der Waals surface area (Å²) in [6, 6.07) is 5.67. The van der Waals surface area contributed by atoms with Crippen molar-refractivity contribution in [3.05, 3.63) is 35.6 Å². The summed E-state index contributed by atoms with van der Waals surface area (Å²) < 4.78 is 13.2. The molecule has 24 heavy (non-hydrogen) atoms. The third-order valence-corrected chi connectivity index (χ3v) is 4.47. The van der Waals surface area contributed by atoms with Gasteiger partial charge in [-0.3, -0.25) is 4.79 Å². The van der Waals surface area contributed by atoms with Crippen LogP contribution in [0, 0.1) is 17.2 Å². The van der Waals surface area contributed by atoms with Crippen LogP contribution in [-0.2, 0) is 4.79 Å². The summed E-state index contributed by atoms with van der Waals surface area (Å²) in [5.74, 6) is -1.48. The van der Waals surface area contributed by atoms with Crippen LogP contribution in [0.25, 0.3) is 0 Å². The van der Waals surface area contributed by atoms with Crippen LogP contribution in [0.4, 0.5) is 9.18 Å². The minimum Gasteiger partial charge on any atom is -0.481 e. The van der Waals surface area contributed by atoms with Gasteiger partial charge in [-0.25, -0.2) is 9.18 Å². The molecule has 1 aromatic carbocycles. The Morgan fingerprint density at radius 1 is 1.21 bits per heavy atom. The average molecular weight is 336 g/mol. The normalized spacial score (nSPS) is 17.4. The molecule has 132 valence electrons. The molecule has 0 spiro atoms. The highest BCUT2D eigenvalue weighted by atomic mass is 19.1. The molecule has 5 nitrogen and oxygen atoms in total. The number of carbonyl (C=O) groups excluding carboxylic acids is 1. The van der Waals surface area contributed by atoms with E-state index >= 15 is 0 Å². The van der Waals surface area contributed by atoms with Crippen LogP contribution >= 0.6 is 0 Å². The Morgan fingerprint density at radius 2 is 1.75 bits per heavy atom. The first kappa shape index (κ1) is 18.2. The van der Waals surface area contributed by atoms with Crippen LogP contribution in [0.5, 0.6) is 0 Å². The van der Waals surface area contributed by atoms with Crippen molar-refractivity contribution in [2.45, 2.75) is 39.7 Å². The number of carboxylic acid groups (broad SMARTS) is 1. The Bertz CT molecular complexity index is 587. The van der Waals surface area contributed by atoms with E-state index in [1.165, 1.54) is 12.1 Å². The molecule has 1 atom stereocenters. The van der Waals surface area contributed by atoms with E-state index in [4.69, 9.17) is 5.11 Å². The molecule has 1 heterocycles. The maximum absolute atomic E-state index is 13.2. The number of halogens is 1. The molecule has 0 saturated carbocycles. The second-order valence-corrected chi connectivity index (χ2v) is 7.40. The number of urea groups is 1. The van der Waals surface area contributed by atoms with E-state index in [1.807, 2.05) is 20.8 Å². The van der Waals surface area contributed by atoms with Gasteiger partial charge in [0.25, 0.3) is 0 Å². The number of nitrogens with zero attached hydrogens (tertiary/aromatic N) is 1. The number of hydrogen-bond donors (Lipinski definition) is 2. The fourth-order valence-electron chi connectivity index (χ4n) is 3.00. The second kappa shape index (κ2) is 7.20. The Kier molecular flexibility index (Phi) is 5.47. The molecule has 2 amide bonds. The lowest BCUT2D eigenvalue weighted by Crippen LogP contribution is -2.48. The molecule has 1 unspecified atom stereocenters. The number of benzene rings is 1. The molecule has 1 aromatic rings. The number of piperidine rings is 1. The average Bonchev–Trinajstić information content (AvgIpc) is 2.52. The molecule has 0 bridgehead atoms. The van der Waals surface area contributed by atoms with Gasteiger partial charge >= 0.3 is 12.0 Å². The Labute approximate surface area is 141 Å². The number of hydrogen-bond acceptors (Lipinski definition) is 2. The Morgan fingerprint density at radius 3 is 2.21 bits per heavy atom. The van der Waals surface area contributed by atoms with Crippen LogP contribution in [0.1, 0.15) is 45.2 Å². The summed E-state index contributed by atoms with van der Waals surface area (Å²) in [5, 5.41) is 12.1. The molecular formula is C18H25FN2O3. The lowest BCUT2D eigenvalue weighted by molar-refractivity contribution is -0.143. The van der Waals surface area contributed by atoms with Crippen molar-refractivity contribution in [2.75, 3.05) is 13.1 Å². The first-order valence-electron chi connectivity index (χ1n) is 8.22. The van der Waals surface area contributed by atoms with E-state index in [2.05, 4.69) is 5.32 Å². The molecule has 1 aliphatic heterocycles. The summed E-state index contributed by atoms with van der Waals surface area (Å²) in [7, 11) is 0. The smallest absolute Gasteiger partial charge is 0.317 e. The minimum absolute atomic E-state index is 0.205. The van der Waals surface area contributed by atoms with E-state index in [-0.39, 0.29) is 29.2 Å². The number of carboxylic acids is 1. The molecule has 6 heteroatoms. The number of carbonyl (C=O) groups is 2. The van der Waals surface area contributed by atoms with Crippen molar-refractivity contribution < 1.29 is 19.1 Å². The summed E-state index contributed by atoms with van der Waals surface area (Å²) >= 11 is 0. The predicted octanol–water partition coefficient (Wildman–Crippen LogP) is 3.42. The number of amides is 2. The lowest BCUT2D eigenvalue weighted by atomic mass is 9.82. The fraction of sp³-hybridized carbons (Fsp3) is 0.556. The quantitative estimate of drug-likeness (QED) is 0.888. The molecule has 0 aromatic heterocycles. The molecule has 1 saturated heterocycles. The monoisotopic (exact) mass is 336 g/mol. The van der Waals surface area contributed by atoms with E-state index in [0.717, 1.165) is 5.56 Å². The molecule has 2 rings (SSSR count). The number of aliphatic carboxylic acids is 1. The van der Waals surface area contributed by atoms with Gasteiger partial charge in [0.15, 0.2) is 0 Å². The summed E-state index contributed by atoms with van der Waals surface area (Å²) in [6.45, 7) is 6.90. The van der Waals surface area contributed by atoms with Gasteiger partial charge in [-0.1, -0.05) is 32.9 Å². The molecule has 2 N–H and O–H groups in total. The highest BCUT2D eigenvalue weighted by Crippen LogP contribution is 2.33. The van der Waals surface area contributed by atoms with Crippen LogP contribution in [-0.4, -0.2) is 35.1 Å². The van der Waals surface area contributed by atoms with Gasteiger partial charge in [0.2, 0.25) is 0 Å². The van der Waals surface area contributed by atoms with Crippen LogP contribution < -0.4 is 5.32 Å². The second-order valence-electron chi connectivity index (χ2n) is 7.40. The topological polar surface area (TPSA) is 69.6 Å². The zero-order valence-electron chi connectivity index (χ0n) is 14.4. The predicted molar refractivity (Wildman–Crippen MR) is 89.1 cm³/mol. The van der Waals surface area contributed by atoms with Crippen molar-refractivity contribution in [1.29, 1.82) is 0 Å². The van der Waals surface area contributed by atoms with Gasteiger partial charge in [-0.2, -0.15) is 0 Å². The third kappa shape index (κ3) is 4.46. The Balaban J connectivity index is 2.06. The number of nitrogens with one attached hydrogen (secondary N) is 1. The molecule has 0 radical (unpaired) electrons. The molecule has 1 aliphatic rings. The first-order chi connectivity index (χ1) is 11.2. The van der Waals surface area contributed by atoms with Gasteiger partial charge in [0.05, 0.1) is 12.0 Å². The highest BCUT2D eigenvalue weighted by Gasteiger charge is 2.32. The fourth-order valence-corrected chi connectivity index (χ4v) is 3.00. The summed E-state index contributed by atoms with van der Waals surface area (Å²) in [5.41, 5.74) is 0.602. The first-order valence-corrected chi connectivity index (χ1v) is 8.22. The zero-order chi connectivity index (χ0) is 17.9. The third-order valence-electron chi connectivity index (χ3n) is 4.47. The summed E-state index contributed by atoms with van der Waals surface area (Å²) in [4.78, 5) is 25.2. The van der Waals surface area contributed by atoms with Gasteiger partial charge < -0.3 is 15.3 Å². The maximum atomic E-state index is 13.2. The van der Waals surface area contributed by atoms with Crippen LogP contribution in [0.2, 0.25) is 0 Å². The van der Waals surface area contributed by atoms with Crippen molar-refractivity contribution in [3.63, 3.8) is 0 Å². The van der Waals surface area contributed by atoms with Crippen molar-refractivity contribution in [3.8, 4) is 0 Å². The van der Waals surface area contributed by atoms with Crippen molar-refractivity contribution in [1.82, 2.24) is 10.2 Å². The number of likely N-dealkylation sites (tertiary alicyclic amines) is 1. The van der Waals surface area contributed by atoms with Gasteiger partial charge in [-0.05, 0) is 36.0 Å². The summed E-state index contributed by atoms with van der Waals surface area (Å²) in [6.07, 6.45) is 0.943. The lowest BCUT2D eigenvalue weighted by Gasteiger charge is -2.36. The van der Waals surface area contributed by atoms with Crippen molar-refractivity contribution >= 4 is 12.0 Å². The van der Waals surface area contributed by atoms with Gasteiger partial charge in [-0.15, -0.1) is 0 Å². The Hall–Kier alpha value is -2.11. The van der Waals surface area contributed by atoms with E-state index in [0.29, 0.717) is 25.9 Å². The highest BCUT2D eigenvalue weighted by molar-refractivity contribution is 5.76. The standard InChI is InChI=1S/C18H25FN2O3/c1-18(2,3)15(12-4-6-14(19)7-5-12)20-17(24)21-10-8-13(9-11-21)16(22)23/h4-7,13,15H,8-11H2,1-3H3,(H,20,24)(H,22,23). The van der Waals surface area contributed by atoms with E-state index in [1.54, 1.807) is 17.0 Å². The zero-order valence-corrected chi connectivity index (χ0v) is 14.4. The molecular weight excluding hydrogens is 311 g/mol. The van der Waals surface area contributed by atoms with Crippen LogP contribution in [0.3, 0.4) is 0 Å². The van der Waals surface area contributed by atoms with Gasteiger partial charge in [0, 0.05) is 13.1 Å². The van der Waals surface area contributed by atoms with E-state index in [9.17, 15) is 14.0 Å². The minimum atomic E-state index is -0.797. The number of rotatable bonds is 3. The molecule has 0 aliphatic carbocycles. The van der Waals surface area contributed by atoms with Gasteiger partial charge in [0.1, 0.15) is 5.82 Å². The largest absolute Gasteiger partial charge is 0.481 e.